The lowest BCUT2D eigenvalue weighted by atomic mass is 10.2. The number of benzene rings is 2. The molecule has 2 amide bonds. The lowest BCUT2D eigenvalue weighted by Gasteiger charge is -2.15. The zero-order valence-electron chi connectivity index (χ0n) is 15.6. The van der Waals surface area contributed by atoms with Gasteiger partial charge in [-0.1, -0.05) is 35.3 Å². The average Bonchev–Trinajstić information content (AvgIpc) is 3.25. The molecule has 30 heavy (non-hydrogen) atoms. The second-order valence-corrected chi connectivity index (χ2v) is 7.96. The zero-order chi connectivity index (χ0) is 21.7. The molecule has 3 aromatic rings. The Balaban J connectivity index is 1.62. The lowest BCUT2D eigenvalue weighted by Crippen LogP contribution is -2.30. The van der Waals surface area contributed by atoms with Crippen molar-refractivity contribution >= 4 is 63.7 Å². The molecule has 9 heteroatoms. The molecule has 154 valence electrons. The molecule has 0 aliphatic rings. The number of hydrogen-bond donors (Lipinski definition) is 2. The van der Waals surface area contributed by atoms with Crippen LogP contribution in [0.25, 0.3) is 0 Å². The molecule has 2 N–H and O–H groups in total. The van der Waals surface area contributed by atoms with Crippen LogP contribution >= 0.6 is 34.5 Å². The number of halogens is 2. The summed E-state index contributed by atoms with van der Waals surface area (Å²) >= 11 is 13.2. The van der Waals surface area contributed by atoms with Gasteiger partial charge in [0.2, 0.25) is 0 Å². The standard InChI is InChI=1S/C21H16Cl2N2O4S/c1-12(19(26)25-17-8-7-14(22)11-16(17)23)29-21(28)13-4-2-5-15(10-13)24-20(27)18-6-3-9-30-18/h2-12H,1H3,(H,24,27)(H,25,26). The molecular weight excluding hydrogens is 447 g/mol. The highest BCUT2D eigenvalue weighted by atomic mass is 35.5. The van der Waals surface area contributed by atoms with Gasteiger partial charge in [-0.25, -0.2) is 4.79 Å². The maximum absolute atomic E-state index is 12.4. The molecule has 6 nitrogen and oxygen atoms in total. The Labute approximate surface area is 186 Å². The SMILES string of the molecule is CC(OC(=O)c1cccc(NC(=O)c2cccs2)c1)C(=O)Nc1ccc(Cl)cc1Cl. The lowest BCUT2D eigenvalue weighted by molar-refractivity contribution is -0.123. The molecule has 1 heterocycles. The largest absolute Gasteiger partial charge is 0.449 e. The summed E-state index contributed by atoms with van der Waals surface area (Å²) in [5.41, 5.74) is 0.989. The van der Waals surface area contributed by atoms with Crippen LogP contribution in [0.5, 0.6) is 0 Å². The molecular formula is C21H16Cl2N2O4S. The summed E-state index contributed by atoms with van der Waals surface area (Å²) < 4.78 is 5.24. The van der Waals surface area contributed by atoms with Crippen molar-refractivity contribution in [3.8, 4) is 0 Å². The fraction of sp³-hybridized carbons (Fsp3) is 0.0952. The van der Waals surface area contributed by atoms with Crippen LogP contribution < -0.4 is 10.6 Å². The molecule has 0 spiro atoms. The van der Waals surface area contributed by atoms with E-state index in [4.69, 9.17) is 27.9 Å². The molecule has 1 atom stereocenters. The van der Waals surface area contributed by atoms with Gasteiger partial charge in [0.1, 0.15) is 0 Å². The van der Waals surface area contributed by atoms with Gasteiger partial charge < -0.3 is 15.4 Å². The molecule has 0 saturated heterocycles. The summed E-state index contributed by atoms with van der Waals surface area (Å²) in [4.78, 5) is 37.5. The van der Waals surface area contributed by atoms with Gasteiger partial charge in [-0.2, -0.15) is 0 Å². The molecule has 0 aliphatic heterocycles. The van der Waals surface area contributed by atoms with Crippen molar-refractivity contribution in [1.82, 2.24) is 0 Å². The second-order valence-electron chi connectivity index (χ2n) is 6.17. The van der Waals surface area contributed by atoms with E-state index in [0.29, 0.717) is 21.3 Å². The Bertz CT molecular complexity index is 1090. The van der Waals surface area contributed by atoms with Crippen molar-refractivity contribution in [1.29, 1.82) is 0 Å². The second kappa shape index (κ2) is 9.75. The number of carbonyl (C=O) groups excluding carboxylic acids is 3. The van der Waals surface area contributed by atoms with Crippen LogP contribution in [0.1, 0.15) is 27.0 Å². The Hall–Kier alpha value is -2.87. The first-order valence-corrected chi connectivity index (χ1v) is 10.4. The molecule has 0 aliphatic carbocycles. The van der Waals surface area contributed by atoms with Crippen molar-refractivity contribution in [3.63, 3.8) is 0 Å². The molecule has 0 fully saturated rings. The van der Waals surface area contributed by atoms with Gasteiger partial charge in [0.05, 0.1) is 21.2 Å². The molecule has 3 rings (SSSR count). The van der Waals surface area contributed by atoms with Crippen LogP contribution in [0.3, 0.4) is 0 Å². The van der Waals surface area contributed by atoms with E-state index >= 15 is 0 Å². The van der Waals surface area contributed by atoms with E-state index in [-0.39, 0.29) is 16.5 Å². The number of carbonyl (C=O) groups is 3. The van der Waals surface area contributed by atoms with Crippen molar-refractivity contribution in [2.24, 2.45) is 0 Å². The van der Waals surface area contributed by atoms with Crippen LogP contribution in [-0.2, 0) is 9.53 Å². The van der Waals surface area contributed by atoms with E-state index in [1.54, 1.807) is 41.8 Å². The quantitative estimate of drug-likeness (QED) is 0.474. The molecule has 0 bridgehead atoms. The van der Waals surface area contributed by atoms with E-state index < -0.39 is 18.0 Å². The molecule has 0 saturated carbocycles. The van der Waals surface area contributed by atoms with E-state index in [1.807, 2.05) is 0 Å². The third-order valence-electron chi connectivity index (χ3n) is 3.94. The van der Waals surface area contributed by atoms with Gasteiger partial charge in [-0.3, -0.25) is 9.59 Å². The minimum atomic E-state index is -1.08. The predicted molar refractivity (Wildman–Crippen MR) is 119 cm³/mol. The first kappa shape index (κ1) is 21.8. The maximum atomic E-state index is 12.4. The first-order valence-electron chi connectivity index (χ1n) is 8.75. The third kappa shape index (κ3) is 5.60. The number of rotatable bonds is 6. The summed E-state index contributed by atoms with van der Waals surface area (Å²) in [6.45, 7) is 1.44. The summed E-state index contributed by atoms with van der Waals surface area (Å²) in [5, 5.41) is 7.80. The van der Waals surface area contributed by atoms with Crippen molar-refractivity contribution in [2.45, 2.75) is 13.0 Å². The van der Waals surface area contributed by atoms with Crippen LogP contribution in [-0.4, -0.2) is 23.9 Å². The number of nitrogens with one attached hydrogen (secondary N) is 2. The fourth-order valence-electron chi connectivity index (χ4n) is 2.43. The van der Waals surface area contributed by atoms with Crippen LogP contribution in [0.15, 0.2) is 60.0 Å². The molecule has 1 aromatic heterocycles. The average molecular weight is 463 g/mol. The van der Waals surface area contributed by atoms with Crippen LogP contribution in [0, 0.1) is 0 Å². The minimum absolute atomic E-state index is 0.197. The van der Waals surface area contributed by atoms with Gasteiger partial charge >= 0.3 is 5.97 Å². The van der Waals surface area contributed by atoms with Crippen LogP contribution in [0.4, 0.5) is 11.4 Å². The number of esters is 1. The maximum Gasteiger partial charge on any atom is 0.338 e. The van der Waals surface area contributed by atoms with Gasteiger partial charge in [-0.05, 0) is 54.8 Å². The van der Waals surface area contributed by atoms with Crippen LogP contribution in [0.2, 0.25) is 10.0 Å². The normalized spacial score (nSPS) is 11.4. The van der Waals surface area contributed by atoms with E-state index in [1.165, 1.54) is 36.5 Å². The minimum Gasteiger partial charge on any atom is -0.449 e. The topological polar surface area (TPSA) is 84.5 Å². The molecule has 1 unspecified atom stereocenters. The third-order valence-corrected chi connectivity index (χ3v) is 5.36. The Kier molecular flexibility index (Phi) is 7.10. The molecule has 2 aromatic carbocycles. The van der Waals surface area contributed by atoms with Gasteiger partial charge in [0.15, 0.2) is 6.10 Å². The first-order chi connectivity index (χ1) is 14.3. The molecule has 0 radical (unpaired) electrons. The number of amides is 2. The summed E-state index contributed by atoms with van der Waals surface area (Å²) in [6, 6.07) is 14.4. The Morgan fingerprint density at radius 3 is 2.50 bits per heavy atom. The monoisotopic (exact) mass is 462 g/mol. The highest BCUT2D eigenvalue weighted by Crippen LogP contribution is 2.25. The highest BCUT2D eigenvalue weighted by Gasteiger charge is 2.20. The van der Waals surface area contributed by atoms with Crippen molar-refractivity contribution in [2.75, 3.05) is 10.6 Å². The predicted octanol–water partition coefficient (Wildman–Crippen LogP) is 5.49. The van der Waals surface area contributed by atoms with E-state index in [2.05, 4.69) is 10.6 Å². The summed E-state index contributed by atoms with van der Waals surface area (Å²) in [6.07, 6.45) is -1.08. The van der Waals surface area contributed by atoms with E-state index in [0.717, 1.165) is 0 Å². The Morgan fingerprint density at radius 1 is 1.00 bits per heavy atom. The Morgan fingerprint density at radius 2 is 1.80 bits per heavy atom. The fourth-order valence-corrected chi connectivity index (χ4v) is 3.51. The zero-order valence-corrected chi connectivity index (χ0v) is 18.0. The number of hydrogen-bond acceptors (Lipinski definition) is 5. The number of anilines is 2. The highest BCUT2D eigenvalue weighted by molar-refractivity contribution is 7.12. The summed E-state index contributed by atoms with van der Waals surface area (Å²) in [5.74, 6) is -1.52. The van der Waals surface area contributed by atoms with Gasteiger partial charge in [-0.15, -0.1) is 11.3 Å². The number of ether oxygens (including phenoxy) is 1. The van der Waals surface area contributed by atoms with Crippen molar-refractivity contribution in [3.05, 3.63) is 80.5 Å². The van der Waals surface area contributed by atoms with Gasteiger partial charge in [0, 0.05) is 10.7 Å². The van der Waals surface area contributed by atoms with Gasteiger partial charge in [0.25, 0.3) is 11.8 Å². The number of thiophene rings is 1. The summed E-state index contributed by atoms with van der Waals surface area (Å²) in [7, 11) is 0. The van der Waals surface area contributed by atoms with Crippen molar-refractivity contribution < 1.29 is 19.1 Å². The smallest absolute Gasteiger partial charge is 0.338 e. The van der Waals surface area contributed by atoms with E-state index in [9.17, 15) is 14.4 Å².